The number of hydrogen-bond acceptors (Lipinski definition) is 3. The Bertz CT molecular complexity index is 1510. The molecule has 2 aromatic heterocycles. The molecule has 0 aliphatic heterocycles. The average Bonchev–Trinajstić information content (AvgIpc) is 3.25. The second-order valence-corrected chi connectivity index (χ2v) is 7.80. The zero-order valence-electron chi connectivity index (χ0n) is 17.3. The summed E-state index contributed by atoms with van der Waals surface area (Å²) in [6.45, 7) is 0. The van der Waals surface area contributed by atoms with E-state index >= 15 is 0 Å². The summed E-state index contributed by atoms with van der Waals surface area (Å²) in [6, 6.07) is 28.3. The van der Waals surface area contributed by atoms with E-state index in [1.807, 2.05) is 36.4 Å². The second kappa shape index (κ2) is 8.68. The van der Waals surface area contributed by atoms with Gasteiger partial charge in [0, 0.05) is 28.2 Å². The number of carbonyl (C=O) groups is 1. The lowest BCUT2D eigenvalue weighted by molar-refractivity contribution is 0.102. The molecule has 0 unspecified atom stereocenters. The fourth-order valence-electron chi connectivity index (χ4n) is 3.55. The van der Waals surface area contributed by atoms with Gasteiger partial charge < -0.3 is 15.0 Å². The molecule has 162 valence electrons. The maximum Gasteiger partial charge on any atom is 0.272 e. The number of benzene rings is 3. The van der Waals surface area contributed by atoms with E-state index in [0.717, 1.165) is 5.39 Å². The van der Waals surface area contributed by atoms with Crippen LogP contribution in [0, 0.1) is 0 Å². The third-order valence-electron chi connectivity index (χ3n) is 5.08. The molecule has 5 aromatic rings. The minimum Gasteiger partial charge on any atom is -0.457 e. The number of aromatic amines is 1. The van der Waals surface area contributed by atoms with Gasteiger partial charge in [-0.15, -0.1) is 0 Å². The molecule has 1 amide bonds. The van der Waals surface area contributed by atoms with Crippen LogP contribution in [0.1, 0.15) is 10.5 Å². The Morgan fingerprint density at radius 1 is 0.848 bits per heavy atom. The highest BCUT2D eigenvalue weighted by Gasteiger charge is 2.14. The van der Waals surface area contributed by atoms with Gasteiger partial charge in [0.2, 0.25) is 0 Å². The standard InChI is InChI=1S/C26H18ClN3O3/c27-18-10-12-20(13-11-18)30-24(31)14-9-17-15-23(29-25(17)30)26(32)28-19-5-4-8-22(16-19)33-21-6-2-1-3-7-21/h1-16,29H,(H,28,32). The number of halogens is 1. The molecule has 2 heterocycles. The van der Waals surface area contributed by atoms with Crippen molar-refractivity contribution >= 4 is 34.2 Å². The van der Waals surface area contributed by atoms with Gasteiger partial charge in [0.1, 0.15) is 22.8 Å². The van der Waals surface area contributed by atoms with Crippen molar-refractivity contribution in [2.45, 2.75) is 0 Å². The number of rotatable bonds is 5. The van der Waals surface area contributed by atoms with Crippen LogP contribution >= 0.6 is 11.6 Å². The molecule has 2 N–H and O–H groups in total. The van der Waals surface area contributed by atoms with Crippen molar-refractivity contribution in [1.82, 2.24) is 9.55 Å². The summed E-state index contributed by atoms with van der Waals surface area (Å²) in [5.74, 6) is 0.974. The van der Waals surface area contributed by atoms with Gasteiger partial charge in [-0.3, -0.25) is 14.2 Å². The maximum atomic E-state index is 12.9. The van der Waals surface area contributed by atoms with E-state index in [9.17, 15) is 9.59 Å². The molecule has 0 aliphatic carbocycles. The maximum absolute atomic E-state index is 12.9. The molecule has 0 saturated heterocycles. The van der Waals surface area contributed by atoms with Crippen LogP contribution in [0.4, 0.5) is 5.69 Å². The number of nitrogens with one attached hydrogen (secondary N) is 2. The quantitative estimate of drug-likeness (QED) is 0.340. The molecule has 0 fully saturated rings. The van der Waals surface area contributed by atoms with Gasteiger partial charge in [0.05, 0.1) is 5.69 Å². The number of fused-ring (bicyclic) bond motifs is 1. The van der Waals surface area contributed by atoms with Crippen molar-refractivity contribution < 1.29 is 9.53 Å². The molecule has 0 atom stereocenters. The van der Waals surface area contributed by atoms with Gasteiger partial charge in [-0.25, -0.2) is 0 Å². The first-order chi connectivity index (χ1) is 16.1. The zero-order chi connectivity index (χ0) is 22.8. The highest BCUT2D eigenvalue weighted by atomic mass is 35.5. The molecule has 0 aliphatic rings. The second-order valence-electron chi connectivity index (χ2n) is 7.37. The first-order valence-corrected chi connectivity index (χ1v) is 10.6. The van der Waals surface area contributed by atoms with Gasteiger partial charge in [-0.2, -0.15) is 0 Å². The van der Waals surface area contributed by atoms with Crippen LogP contribution in [0.5, 0.6) is 11.5 Å². The minimum absolute atomic E-state index is 0.218. The summed E-state index contributed by atoms with van der Waals surface area (Å²) in [7, 11) is 0. The summed E-state index contributed by atoms with van der Waals surface area (Å²) in [5.41, 5.74) is 1.87. The first-order valence-electron chi connectivity index (χ1n) is 10.2. The van der Waals surface area contributed by atoms with Gasteiger partial charge in [-0.1, -0.05) is 35.9 Å². The van der Waals surface area contributed by atoms with Crippen LogP contribution in [-0.4, -0.2) is 15.5 Å². The third kappa shape index (κ3) is 4.37. The highest BCUT2D eigenvalue weighted by Crippen LogP contribution is 2.25. The molecule has 5 rings (SSSR count). The van der Waals surface area contributed by atoms with E-state index < -0.39 is 0 Å². The van der Waals surface area contributed by atoms with Crippen molar-refractivity contribution in [3.63, 3.8) is 0 Å². The number of anilines is 1. The topological polar surface area (TPSA) is 76.1 Å². The van der Waals surface area contributed by atoms with Crippen LogP contribution < -0.4 is 15.6 Å². The predicted molar refractivity (Wildman–Crippen MR) is 130 cm³/mol. The Balaban J connectivity index is 1.43. The molecule has 0 bridgehead atoms. The number of hydrogen-bond donors (Lipinski definition) is 2. The number of para-hydroxylation sites is 1. The Kier molecular flexibility index (Phi) is 5.42. The lowest BCUT2D eigenvalue weighted by Gasteiger charge is -2.09. The van der Waals surface area contributed by atoms with Gasteiger partial charge in [0.15, 0.2) is 0 Å². The van der Waals surface area contributed by atoms with Crippen LogP contribution in [0.2, 0.25) is 5.02 Å². The normalized spacial score (nSPS) is 10.8. The third-order valence-corrected chi connectivity index (χ3v) is 5.33. The smallest absolute Gasteiger partial charge is 0.272 e. The van der Waals surface area contributed by atoms with Crippen molar-refractivity contribution in [1.29, 1.82) is 0 Å². The summed E-state index contributed by atoms with van der Waals surface area (Å²) in [6.07, 6.45) is 0. The van der Waals surface area contributed by atoms with Crippen LogP contribution in [0.25, 0.3) is 16.7 Å². The van der Waals surface area contributed by atoms with Gasteiger partial charge in [0.25, 0.3) is 11.5 Å². The fraction of sp³-hybridized carbons (Fsp3) is 0. The minimum atomic E-state index is -0.335. The van der Waals surface area contributed by atoms with Gasteiger partial charge >= 0.3 is 0 Å². The SMILES string of the molecule is O=C(Nc1cccc(Oc2ccccc2)c1)c1cc2ccc(=O)n(-c3ccc(Cl)cc3)c2[nH]1. The Morgan fingerprint density at radius 3 is 2.39 bits per heavy atom. The number of amides is 1. The summed E-state index contributed by atoms with van der Waals surface area (Å²) in [5, 5.41) is 4.18. The number of H-pyrrole nitrogens is 1. The van der Waals surface area contributed by atoms with E-state index in [0.29, 0.717) is 39.2 Å². The van der Waals surface area contributed by atoms with Crippen LogP contribution in [0.3, 0.4) is 0 Å². The number of ether oxygens (including phenoxy) is 1. The highest BCUT2D eigenvalue weighted by molar-refractivity contribution is 6.30. The molecule has 0 saturated carbocycles. The van der Waals surface area contributed by atoms with E-state index in [1.165, 1.54) is 10.6 Å². The molecule has 0 radical (unpaired) electrons. The largest absolute Gasteiger partial charge is 0.457 e. The summed E-state index contributed by atoms with van der Waals surface area (Å²) < 4.78 is 7.34. The van der Waals surface area contributed by atoms with Crippen LogP contribution in [0.15, 0.2) is 102 Å². The van der Waals surface area contributed by atoms with Crippen molar-refractivity contribution in [3.8, 4) is 17.2 Å². The van der Waals surface area contributed by atoms with E-state index in [-0.39, 0.29) is 11.5 Å². The first kappa shape index (κ1) is 20.6. The Morgan fingerprint density at radius 2 is 1.61 bits per heavy atom. The van der Waals surface area contributed by atoms with E-state index in [1.54, 1.807) is 54.6 Å². The fourth-order valence-corrected chi connectivity index (χ4v) is 3.67. The summed E-state index contributed by atoms with van der Waals surface area (Å²) >= 11 is 5.98. The number of aromatic nitrogens is 2. The van der Waals surface area contributed by atoms with Crippen molar-refractivity contribution in [3.05, 3.63) is 118 Å². The predicted octanol–water partition coefficient (Wildman–Crippen LogP) is 6.02. The summed E-state index contributed by atoms with van der Waals surface area (Å²) in [4.78, 5) is 28.6. The number of nitrogens with zero attached hydrogens (tertiary/aromatic N) is 1. The Labute approximate surface area is 194 Å². The lowest BCUT2D eigenvalue weighted by Crippen LogP contribution is -2.17. The van der Waals surface area contributed by atoms with Crippen molar-refractivity contribution in [2.75, 3.05) is 5.32 Å². The molecule has 0 spiro atoms. The molecular formula is C26H18ClN3O3. The lowest BCUT2D eigenvalue weighted by atomic mass is 10.2. The van der Waals surface area contributed by atoms with Gasteiger partial charge in [-0.05, 0) is 60.7 Å². The monoisotopic (exact) mass is 455 g/mol. The zero-order valence-corrected chi connectivity index (χ0v) is 18.0. The molecule has 33 heavy (non-hydrogen) atoms. The molecule has 6 nitrogen and oxygen atoms in total. The van der Waals surface area contributed by atoms with E-state index in [4.69, 9.17) is 16.3 Å². The van der Waals surface area contributed by atoms with Crippen molar-refractivity contribution in [2.24, 2.45) is 0 Å². The number of carbonyl (C=O) groups excluding carboxylic acids is 1. The van der Waals surface area contributed by atoms with Crippen LogP contribution in [-0.2, 0) is 0 Å². The number of pyridine rings is 1. The Hall–Kier alpha value is -4.29. The molecule has 7 heteroatoms. The van der Waals surface area contributed by atoms with E-state index in [2.05, 4.69) is 10.3 Å². The molecule has 3 aromatic carbocycles. The average molecular weight is 456 g/mol. The molecular weight excluding hydrogens is 438 g/mol.